The van der Waals surface area contributed by atoms with Crippen LogP contribution in [-0.2, 0) is 6.61 Å². The zero-order chi connectivity index (χ0) is 16.8. The number of aromatic nitrogens is 1. The number of amides is 1. The fourth-order valence-corrected chi connectivity index (χ4v) is 2.52. The van der Waals surface area contributed by atoms with Gasteiger partial charge < -0.3 is 10.1 Å². The van der Waals surface area contributed by atoms with Gasteiger partial charge in [-0.3, -0.25) is 4.79 Å². The second kappa shape index (κ2) is 7.75. The van der Waals surface area contributed by atoms with Crippen molar-refractivity contribution in [2.75, 3.05) is 5.32 Å². The van der Waals surface area contributed by atoms with Crippen molar-refractivity contribution in [2.24, 2.45) is 0 Å². The minimum absolute atomic E-state index is 0.266. The van der Waals surface area contributed by atoms with Crippen molar-refractivity contribution < 1.29 is 9.53 Å². The van der Waals surface area contributed by atoms with Gasteiger partial charge in [-0.2, -0.15) is 0 Å². The van der Waals surface area contributed by atoms with Crippen LogP contribution in [0.2, 0.25) is 0 Å². The molecular formula is C19H15BrN2O2. The van der Waals surface area contributed by atoms with E-state index in [4.69, 9.17) is 4.74 Å². The van der Waals surface area contributed by atoms with Crippen molar-refractivity contribution in [2.45, 2.75) is 6.61 Å². The lowest BCUT2D eigenvalue weighted by Crippen LogP contribution is -2.14. The monoisotopic (exact) mass is 382 g/mol. The second-order valence-corrected chi connectivity index (χ2v) is 6.00. The van der Waals surface area contributed by atoms with Crippen molar-refractivity contribution in [3.8, 4) is 5.75 Å². The number of hydrogen-bond donors (Lipinski definition) is 1. The summed E-state index contributed by atoms with van der Waals surface area (Å²) < 4.78 is 6.64. The highest BCUT2D eigenvalue weighted by molar-refractivity contribution is 9.10. The van der Waals surface area contributed by atoms with E-state index < -0.39 is 0 Å². The predicted molar refractivity (Wildman–Crippen MR) is 97.1 cm³/mol. The summed E-state index contributed by atoms with van der Waals surface area (Å²) >= 11 is 3.39. The lowest BCUT2D eigenvalue weighted by atomic mass is 10.2. The van der Waals surface area contributed by atoms with Crippen LogP contribution in [0.3, 0.4) is 0 Å². The Morgan fingerprint density at radius 1 is 1.04 bits per heavy atom. The normalized spacial score (nSPS) is 10.2. The van der Waals surface area contributed by atoms with Crippen LogP contribution in [0.1, 0.15) is 15.9 Å². The highest BCUT2D eigenvalue weighted by atomic mass is 79.9. The van der Waals surface area contributed by atoms with Crippen LogP contribution in [0.15, 0.2) is 77.4 Å². The minimum atomic E-state index is -0.266. The van der Waals surface area contributed by atoms with Crippen molar-refractivity contribution in [1.29, 1.82) is 0 Å². The number of pyridine rings is 1. The van der Waals surface area contributed by atoms with Gasteiger partial charge in [0.2, 0.25) is 0 Å². The molecule has 1 N–H and O–H groups in total. The van der Waals surface area contributed by atoms with E-state index in [-0.39, 0.29) is 5.91 Å². The summed E-state index contributed by atoms with van der Waals surface area (Å²) in [5.74, 6) is 0.755. The summed E-state index contributed by atoms with van der Waals surface area (Å²) in [7, 11) is 0. The smallest absolute Gasteiger partial charge is 0.260 e. The van der Waals surface area contributed by atoms with Gasteiger partial charge in [-0.25, -0.2) is 4.98 Å². The zero-order valence-electron chi connectivity index (χ0n) is 12.8. The first-order valence-electron chi connectivity index (χ1n) is 7.41. The van der Waals surface area contributed by atoms with E-state index in [0.717, 1.165) is 10.0 Å². The highest BCUT2D eigenvalue weighted by Gasteiger charge is 2.14. The molecule has 0 aliphatic carbocycles. The Hall–Kier alpha value is -2.66. The number of benzene rings is 2. The Kier molecular flexibility index (Phi) is 5.23. The lowest BCUT2D eigenvalue weighted by Gasteiger charge is -2.12. The summed E-state index contributed by atoms with van der Waals surface area (Å²) in [6, 6.07) is 20.5. The molecule has 0 unspecified atom stereocenters. The van der Waals surface area contributed by atoms with Gasteiger partial charge in [-0.15, -0.1) is 0 Å². The number of carbonyl (C=O) groups is 1. The van der Waals surface area contributed by atoms with Gasteiger partial charge in [0.15, 0.2) is 0 Å². The number of hydrogen-bond acceptors (Lipinski definition) is 3. The van der Waals surface area contributed by atoms with Crippen LogP contribution in [-0.4, -0.2) is 10.9 Å². The standard InChI is InChI=1S/C19H15BrN2O2/c20-15-9-10-17(24-13-14-6-2-1-3-7-14)16(12-15)19(23)22-18-8-4-5-11-21-18/h1-12H,13H2,(H,21,22,23). The van der Waals surface area contributed by atoms with Crippen molar-refractivity contribution >= 4 is 27.7 Å². The summed E-state index contributed by atoms with van der Waals surface area (Å²) in [5.41, 5.74) is 1.49. The molecule has 4 nitrogen and oxygen atoms in total. The van der Waals surface area contributed by atoms with Crippen LogP contribution in [0.5, 0.6) is 5.75 Å². The van der Waals surface area contributed by atoms with Crippen molar-refractivity contribution in [3.05, 3.63) is 88.5 Å². The van der Waals surface area contributed by atoms with E-state index >= 15 is 0 Å². The van der Waals surface area contributed by atoms with E-state index in [9.17, 15) is 4.79 Å². The van der Waals surface area contributed by atoms with E-state index in [0.29, 0.717) is 23.7 Å². The summed E-state index contributed by atoms with van der Waals surface area (Å²) in [4.78, 5) is 16.7. The third-order valence-corrected chi connectivity index (χ3v) is 3.82. The first-order chi connectivity index (χ1) is 11.7. The van der Waals surface area contributed by atoms with E-state index in [2.05, 4.69) is 26.2 Å². The summed E-state index contributed by atoms with van der Waals surface area (Å²) in [6.45, 7) is 0.395. The van der Waals surface area contributed by atoms with Gasteiger partial charge in [0.25, 0.3) is 5.91 Å². The van der Waals surface area contributed by atoms with E-state index in [1.54, 1.807) is 30.5 Å². The quantitative estimate of drug-likeness (QED) is 0.696. The molecule has 0 fully saturated rings. The Labute approximate surface area is 148 Å². The average molecular weight is 383 g/mol. The summed E-state index contributed by atoms with van der Waals surface area (Å²) in [6.07, 6.45) is 1.63. The number of carbonyl (C=O) groups excluding carboxylic acids is 1. The van der Waals surface area contributed by atoms with E-state index in [1.807, 2.05) is 42.5 Å². The molecular weight excluding hydrogens is 368 g/mol. The number of rotatable bonds is 5. The number of anilines is 1. The maximum absolute atomic E-state index is 12.5. The zero-order valence-corrected chi connectivity index (χ0v) is 14.4. The molecule has 5 heteroatoms. The molecule has 1 amide bonds. The van der Waals surface area contributed by atoms with Crippen LogP contribution in [0, 0.1) is 0 Å². The highest BCUT2D eigenvalue weighted by Crippen LogP contribution is 2.25. The maximum Gasteiger partial charge on any atom is 0.260 e. The molecule has 1 aromatic heterocycles. The first-order valence-corrected chi connectivity index (χ1v) is 8.20. The van der Waals surface area contributed by atoms with Crippen molar-refractivity contribution in [3.63, 3.8) is 0 Å². The molecule has 0 saturated carbocycles. The molecule has 0 spiro atoms. The van der Waals surface area contributed by atoms with Gasteiger partial charge >= 0.3 is 0 Å². The Bertz CT molecular complexity index is 823. The van der Waals surface area contributed by atoms with Crippen LogP contribution in [0.25, 0.3) is 0 Å². The van der Waals surface area contributed by atoms with Gasteiger partial charge in [-0.1, -0.05) is 52.3 Å². The van der Waals surface area contributed by atoms with Gasteiger partial charge in [-0.05, 0) is 35.9 Å². The number of nitrogens with zero attached hydrogens (tertiary/aromatic N) is 1. The van der Waals surface area contributed by atoms with Crippen LogP contribution in [0.4, 0.5) is 5.82 Å². The fraction of sp³-hybridized carbons (Fsp3) is 0.0526. The molecule has 0 atom stereocenters. The minimum Gasteiger partial charge on any atom is -0.488 e. The Balaban J connectivity index is 1.79. The molecule has 1 heterocycles. The SMILES string of the molecule is O=C(Nc1ccccn1)c1cc(Br)ccc1OCc1ccccc1. The molecule has 2 aromatic carbocycles. The topological polar surface area (TPSA) is 51.2 Å². The van der Waals surface area contributed by atoms with Gasteiger partial charge in [0.1, 0.15) is 18.2 Å². The van der Waals surface area contributed by atoms with Gasteiger partial charge in [0, 0.05) is 10.7 Å². The maximum atomic E-state index is 12.5. The van der Waals surface area contributed by atoms with E-state index in [1.165, 1.54) is 0 Å². The molecule has 0 aliphatic rings. The molecule has 0 aliphatic heterocycles. The summed E-state index contributed by atoms with van der Waals surface area (Å²) in [5, 5.41) is 2.77. The Morgan fingerprint density at radius 3 is 2.58 bits per heavy atom. The third kappa shape index (κ3) is 4.20. The number of halogens is 1. The Morgan fingerprint density at radius 2 is 1.83 bits per heavy atom. The number of nitrogens with one attached hydrogen (secondary N) is 1. The third-order valence-electron chi connectivity index (χ3n) is 3.33. The molecule has 0 bridgehead atoms. The largest absolute Gasteiger partial charge is 0.488 e. The fourth-order valence-electron chi connectivity index (χ4n) is 2.16. The molecule has 0 radical (unpaired) electrons. The molecule has 120 valence electrons. The molecule has 3 aromatic rings. The predicted octanol–water partition coefficient (Wildman–Crippen LogP) is 4.68. The first kappa shape index (κ1) is 16.2. The molecule has 24 heavy (non-hydrogen) atoms. The van der Waals surface area contributed by atoms with Crippen LogP contribution >= 0.6 is 15.9 Å². The molecule has 0 saturated heterocycles. The lowest BCUT2D eigenvalue weighted by molar-refractivity contribution is 0.102. The average Bonchev–Trinajstić information content (AvgIpc) is 2.62. The van der Waals surface area contributed by atoms with Crippen molar-refractivity contribution in [1.82, 2.24) is 4.98 Å². The molecule has 3 rings (SSSR count). The van der Waals surface area contributed by atoms with Crippen LogP contribution < -0.4 is 10.1 Å². The van der Waals surface area contributed by atoms with Gasteiger partial charge in [0.05, 0.1) is 5.56 Å². The second-order valence-electron chi connectivity index (χ2n) is 5.08. The number of ether oxygens (including phenoxy) is 1.